The molecule has 2 aliphatic rings. The van der Waals surface area contributed by atoms with E-state index in [4.69, 9.17) is 0 Å². The number of likely N-dealkylation sites (N-methyl/N-ethyl adjacent to an activating group) is 1. The minimum Gasteiger partial charge on any atom is -0.340 e. The third-order valence-electron chi connectivity index (χ3n) is 4.14. The van der Waals surface area contributed by atoms with E-state index in [9.17, 15) is 4.79 Å². The number of hydrogen-bond donors (Lipinski definition) is 1. The molecule has 98 valence electrons. The molecule has 0 bridgehead atoms. The molecular weight excluding hydrogens is 214 g/mol. The molecule has 0 radical (unpaired) electrons. The SMILES string of the molecule is CN(C)C1CCN(C(=O)CNC2CCCC2)C1. The van der Waals surface area contributed by atoms with Crippen LogP contribution in [-0.2, 0) is 4.79 Å². The molecule has 0 spiro atoms. The Labute approximate surface area is 104 Å². The molecule has 2 rings (SSSR count). The Morgan fingerprint density at radius 3 is 2.59 bits per heavy atom. The Morgan fingerprint density at radius 2 is 2.00 bits per heavy atom. The minimum atomic E-state index is 0.279. The number of amides is 1. The lowest BCUT2D eigenvalue weighted by atomic mass is 10.2. The van der Waals surface area contributed by atoms with E-state index in [1.54, 1.807) is 0 Å². The normalized spacial score (nSPS) is 26.1. The molecule has 1 saturated heterocycles. The van der Waals surface area contributed by atoms with Crippen molar-refractivity contribution in [3.8, 4) is 0 Å². The number of hydrogen-bond acceptors (Lipinski definition) is 3. The van der Waals surface area contributed by atoms with E-state index in [-0.39, 0.29) is 5.91 Å². The van der Waals surface area contributed by atoms with Crippen LogP contribution in [0.2, 0.25) is 0 Å². The topological polar surface area (TPSA) is 35.6 Å². The van der Waals surface area contributed by atoms with E-state index < -0.39 is 0 Å². The van der Waals surface area contributed by atoms with Crippen molar-refractivity contribution >= 4 is 5.91 Å². The highest BCUT2D eigenvalue weighted by Crippen LogP contribution is 2.18. The summed E-state index contributed by atoms with van der Waals surface area (Å²) >= 11 is 0. The monoisotopic (exact) mass is 239 g/mol. The summed E-state index contributed by atoms with van der Waals surface area (Å²) in [6.07, 6.45) is 6.24. The molecule has 1 amide bonds. The summed E-state index contributed by atoms with van der Waals surface area (Å²) in [4.78, 5) is 16.2. The lowest BCUT2D eigenvalue weighted by Gasteiger charge is -2.21. The van der Waals surface area contributed by atoms with Gasteiger partial charge in [0.2, 0.25) is 5.91 Å². The van der Waals surface area contributed by atoms with Gasteiger partial charge in [0.25, 0.3) is 0 Å². The molecule has 4 heteroatoms. The van der Waals surface area contributed by atoms with Gasteiger partial charge in [0, 0.05) is 25.2 Å². The van der Waals surface area contributed by atoms with Gasteiger partial charge in [-0.15, -0.1) is 0 Å². The summed E-state index contributed by atoms with van der Waals surface area (Å²) in [6.45, 7) is 2.36. The zero-order valence-corrected chi connectivity index (χ0v) is 11.1. The van der Waals surface area contributed by atoms with Crippen LogP contribution in [0, 0.1) is 0 Å². The van der Waals surface area contributed by atoms with Crippen molar-refractivity contribution in [2.45, 2.75) is 44.2 Å². The maximum Gasteiger partial charge on any atom is 0.236 e. The molecule has 1 atom stereocenters. The molecule has 1 N–H and O–H groups in total. The fourth-order valence-electron chi connectivity index (χ4n) is 2.86. The molecule has 17 heavy (non-hydrogen) atoms. The number of nitrogens with zero attached hydrogens (tertiary/aromatic N) is 2. The second-order valence-corrected chi connectivity index (χ2v) is 5.61. The van der Waals surface area contributed by atoms with Crippen molar-refractivity contribution in [3.63, 3.8) is 0 Å². The van der Waals surface area contributed by atoms with Crippen LogP contribution < -0.4 is 5.32 Å². The fourth-order valence-corrected chi connectivity index (χ4v) is 2.86. The summed E-state index contributed by atoms with van der Waals surface area (Å²) in [6, 6.07) is 1.14. The van der Waals surface area contributed by atoms with Crippen LogP contribution in [0.1, 0.15) is 32.1 Å². The Hall–Kier alpha value is -0.610. The summed E-state index contributed by atoms with van der Waals surface area (Å²) in [7, 11) is 4.19. The van der Waals surface area contributed by atoms with Gasteiger partial charge >= 0.3 is 0 Å². The average molecular weight is 239 g/mol. The average Bonchev–Trinajstić information content (AvgIpc) is 2.96. The van der Waals surface area contributed by atoms with Gasteiger partial charge in [-0.3, -0.25) is 4.79 Å². The van der Waals surface area contributed by atoms with Gasteiger partial charge in [-0.05, 0) is 33.4 Å². The zero-order chi connectivity index (χ0) is 12.3. The second kappa shape index (κ2) is 5.83. The molecular formula is C13H25N3O. The quantitative estimate of drug-likeness (QED) is 0.784. The fraction of sp³-hybridized carbons (Fsp3) is 0.923. The van der Waals surface area contributed by atoms with Gasteiger partial charge in [0.15, 0.2) is 0 Å². The van der Waals surface area contributed by atoms with Crippen molar-refractivity contribution in [3.05, 3.63) is 0 Å². The van der Waals surface area contributed by atoms with Crippen molar-refractivity contribution in [2.75, 3.05) is 33.7 Å². The van der Waals surface area contributed by atoms with Crippen LogP contribution in [0.4, 0.5) is 0 Å². The molecule has 2 fully saturated rings. The van der Waals surface area contributed by atoms with Crippen LogP contribution in [0.25, 0.3) is 0 Å². The van der Waals surface area contributed by atoms with Crippen molar-refractivity contribution in [1.29, 1.82) is 0 Å². The maximum absolute atomic E-state index is 12.0. The first-order valence-corrected chi connectivity index (χ1v) is 6.84. The number of carbonyl (C=O) groups excluding carboxylic acids is 1. The Morgan fingerprint density at radius 1 is 1.29 bits per heavy atom. The smallest absolute Gasteiger partial charge is 0.236 e. The molecule has 1 saturated carbocycles. The summed E-state index contributed by atoms with van der Waals surface area (Å²) in [5.41, 5.74) is 0. The highest BCUT2D eigenvalue weighted by molar-refractivity contribution is 5.78. The van der Waals surface area contributed by atoms with E-state index in [1.807, 2.05) is 4.90 Å². The van der Waals surface area contributed by atoms with Crippen molar-refractivity contribution in [1.82, 2.24) is 15.1 Å². The molecule has 1 unspecified atom stereocenters. The highest BCUT2D eigenvalue weighted by Gasteiger charge is 2.27. The third-order valence-corrected chi connectivity index (χ3v) is 4.14. The van der Waals surface area contributed by atoms with Crippen LogP contribution in [0.5, 0.6) is 0 Å². The largest absolute Gasteiger partial charge is 0.340 e. The summed E-state index contributed by atoms with van der Waals surface area (Å²) < 4.78 is 0. The third kappa shape index (κ3) is 3.42. The molecule has 4 nitrogen and oxygen atoms in total. The zero-order valence-electron chi connectivity index (χ0n) is 11.1. The number of likely N-dealkylation sites (tertiary alicyclic amines) is 1. The van der Waals surface area contributed by atoms with E-state index in [1.165, 1.54) is 25.7 Å². The molecule has 0 aromatic heterocycles. The Bertz CT molecular complexity index is 261. The first-order chi connectivity index (χ1) is 8.16. The van der Waals surface area contributed by atoms with Gasteiger partial charge in [0.05, 0.1) is 6.54 Å². The van der Waals surface area contributed by atoms with Gasteiger partial charge in [-0.25, -0.2) is 0 Å². The lowest BCUT2D eigenvalue weighted by Crippen LogP contribution is -2.41. The number of carbonyl (C=O) groups is 1. The Kier molecular flexibility index (Phi) is 4.40. The van der Waals surface area contributed by atoms with E-state index in [0.29, 0.717) is 18.6 Å². The van der Waals surface area contributed by atoms with Crippen LogP contribution in [0.15, 0.2) is 0 Å². The van der Waals surface area contributed by atoms with E-state index in [2.05, 4.69) is 24.3 Å². The standard InChI is InChI=1S/C13H25N3O/c1-15(2)12-7-8-16(10-12)13(17)9-14-11-5-3-4-6-11/h11-12,14H,3-10H2,1-2H3. The van der Waals surface area contributed by atoms with E-state index in [0.717, 1.165) is 19.5 Å². The highest BCUT2D eigenvalue weighted by atomic mass is 16.2. The lowest BCUT2D eigenvalue weighted by molar-refractivity contribution is -0.129. The van der Waals surface area contributed by atoms with Crippen LogP contribution in [0.3, 0.4) is 0 Å². The molecule has 1 aliphatic heterocycles. The molecule has 1 aliphatic carbocycles. The molecule has 1 heterocycles. The molecule has 0 aromatic carbocycles. The second-order valence-electron chi connectivity index (χ2n) is 5.61. The molecule has 0 aromatic rings. The van der Waals surface area contributed by atoms with Gasteiger partial charge < -0.3 is 15.1 Å². The van der Waals surface area contributed by atoms with Gasteiger partial charge in [-0.2, -0.15) is 0 Å². The summed E-state index contributed by atoms with van der Waals surface area (Å²) in [5.74, 6) is 0.279. The minimum absolute atomic E-state index is 0.279. The van der Waals surface area contributed by atoms with Gasteiger partial charge in [0.1, 0.15) is 0 Å². The predicted molar refractivity (Wildman–Crippen MR) is 68.9 cm³/mol. The first kappa shape index (κ1) is 12.8. The van der Waals surface area contributed by atoms with Crippen molar-refractivity contribution < 1.29 is 4.79 Å². The summed E-state index contributed by atoms with van der Waals surface area (Å²) in [5, 5.41) is 3.40. The van der Waals surface area contributed by atoms with Crippen molar-refractivity contribution in [2.24, 2.45) is 0 Å². The Balaban J connectivity index is 1.69. The maximum atomic E-state index is 12.0. The van der Waals surface area contributed by atoms with Crippen LogP contribution >= 0.6 is 0 Å². The predicted octanol–water partition coefficient (Wildman–Crippen LogP) is 0.681. The van der Waals surface area contributed by atoms with Crippen LogP contribution in [-0.4, -0.2) is 61.5 Å². The first-order valence-electron chi connectivity index (χ1n) is 6.84. The number of rotatable bonds is 4. The van der Waals surface area contributed by atoms with Gasteiger partial charge in [-0.1, -0.05) is 12.8 Å². The van der Waals surface area contributed by atoms with E-state index >= 15 is 0 Å². The number of nitrogens with one attached hydrogen (secondary N) is 1.